The van der Waals surface area contributed by atoms with Gasteiger partial charge in [0.25, 0.3) is 0 Å². The molecule has 1 rings (SSSR count). The van der Waals surface area contributed by atoms with E-state index in [9.17, 15) is 0 Å². The van der Waals surface area contributed by atoms with Crippen LogP contribution < -0.4 is 10.1 Å². The Balaban J connectivity index is 2.69. The topological polar surface area (TPSA) is 21.3 Å². The van der Waals surface area contributed by atoms with E-state index >= 15 is 0 Å². The fraction of sp³-hybridized carbons (Fsp3) is 0.571. The molecule has 0 spiro atoms. The first kappa shape index (κ1) is 14.5. The van der Waals surface area contributed by atoms with Gasteiger partial charge in [0, 0.05) is 22.6 Å². The summed E-state index contributed by atoms with van der Waals surface area (Å²) in [5, 5.41) is 3.49. The van der Waals surface area contributed by atoms with Gasteiger partial charge in [-0.25, -0.2) is 0 Å². The summed E-state index contributed by atoms with van der Waals surface area (Å²) in [6, 6.07) is 6.72. The third-order valence-electron chi connectivity index (χ3n) is 2.74. The van der Waals surface area contributed by atoms with Crippen molar-refractivity contribution in [3.05, 3.63) is 28.2 Å². The fourth-order valence-electron chi connectivity index (χ4n) is 1.47. The molecule has 1 N–H and O–H groups in total. The molecule has 0 saturated carbocycles. The molecule has 0 aliphatic heterocycles. The molecule has 96 valence electrons. The molecule has 3 heteroatoms. The molecule has 0 radical (unpaired) electrons. The molecule has 1 aromatic carbocycles. The molecule has 1 aromatic rings. The predicted octanol–water partition coefficient (Wildman–Crippen LogP) is 4.13. The highest BCUT2D eigenvalue weighted by atomic mass is 79.9. The Bertz CT molecular complexity index is 341. The second kappa shape index (κ2) is 7.72. The predicted molar refractivity (Wildman–Crippen MR) is 76.5 cm³/mol. The van der Waals surface area contributed by atoms with Crippen molar-refractivity contribution in [1.82, 2.24) is 5.32 Å². The van der Waals surface area contributed by atoms with E-state index in [4.69, 9.17) is 4.74 Å². The zero-order valence-corrected chi connectivity index (χ0v) is 12.5. The standard InChI is InChI=1S/C14H22BrNO/c1-4-8-17-14-7-6-13(15)9-12(14)10-16-11(3)5-2/h6-7,9,11,16H,4-5,8,10H2,1-3H3. The van der Waals surface area contributed by atoms with E-state index in [1.807, 2.05) is 12.1 Å². The molecule has 1 unspecified atom stereocenters. The quantitative estimate of drug-likeness (QED) is 0.817. The van der Waals surface area contributed by atoms with Crippen LogP contribution in [0.4, 0.5) is 0 Å². The summed E-state index contributed by atoms with van der Waals surface area (Å²) in [4.78, 5) is 0. The van der Waals surface area contributed by atoms with Crippen LogP contribution in [0.1, 0.15) is 39.2 Å². The van der Waals surface area contributed by atoms with E-state index in [2.05, 4.69) is 48.1 Å². The van der Waals surface area contributed by atoms with Gasteiger partial charge in [-0.3, -0.25) is 0 Å². The first-order valence-electron chi connectivity index (χ1n) is 6.32. The first-order chi connectivity index (χ1) is 8.17. The Kier molecular flexibility index (Phi) is 6.60. The minimum Gasteiger partial charge on any atom is -0.493 e. The lowest BCUT2D eigenvalue weighted by atomic mass is 10.2. The Morgan fingerprint density at radius 3 is 2.76 bits per heavy atom. The van der Waals surface area contributed by atoms with E-state index in [-0.39, 0.29) is 0 Å². The molecule has 0 aliphatic carbocycles. The van der Waals surface area contributed by atoms with Gasteiger partial charge in [-0.2, -0.15) is 0 Å². The lowest BCUT2D eigenvalue weighted by Gasteiger charge is -2.15. The van der Waals surface area contributed by atoms with Crippen molar-refractivity contribution < 1.29 is 4.74 Å². The van der Waals surface area contributed by atoms with Crippen molar-refractivity contribution in [2.45, 2.75) is 46.2 Å². The average Bonchev–Trinajstić information content (AvgIpc) is 2.34. The van der Waals surface area contributed by atoms with Gasteiger partial charge in [0.05, 0.1) is 6.61 Å². The van der Waals surface area contributed by atoms with Crippen LogP contribution in [0.15, 0.2) is 22.7 Å². The second-order valence-corrected chi connectivity index (χ2v) is 5.21. The van der Waals surface area contributed by atoms with Gasteiger partial charge in [0.15, 0.2) is 0 Å². The summed E-state index contributed by atoms with van der Waals surface area (Å²) < 4.78 is 6.85. The molecule has 0 aliphatic rings. The number of hydrogen-bond donors (Lipinski definition) is 1. The van der Waals surface area contributed by atoms with Gasteiger partial charge in [-0.05, 0) is 38.0 Å². The molecular weight excluding hydrogens is 278 g/mol. The summed E-state index contributed by atoms with van der Waals surface area (Å²) in [5.41, 5.74) is 1.22. The molecule has 17 heavy (non-hydrogen) atoms. The van der Waals surface area contributed by atoms with Crippen LogP contribution in [0.3, 0.4) is 0 Å². The van der Waals surface area contributed by atoms with Gasteiger partial charge >= 0.3 is 0 Å². The normalized spacial score (nSPS) is 12.5. The Morgan fingerprint density at radius 1 is 1.35 bits per heavy atom. The van der Waals surface area contributed by atoms with E-state index in [1.54, 1.807) is 0 Å². The van der Waals surface area contributed by atoms with Crippen LogP contribution in [0, 0.1) is 0 Å². The van der Waals surface area contributed by atoms with Crippen LogP contribution in [0.2, 0.25) is 0 Å². The highest BCUT2D eigenvalue weighted by Gasteiger charge is 2.06. The third-order valence-corrected chi connectivity index (χ3v) is 3.23. The first-order valence-corrected chi connectivity index (χ1v) is 7.11. The average molecular weight is 300 g/mol. The molecule has 0 amide bonds. The summed E-state index contributed by atoms with van der Waals surface area (Å²) in [5.74, 6) is 0.992. The van der Waals surface area contributed by atoms with Gasteiger partial charge in [-0.15, -0.1) is 0 Å². The summed E-state index contributed by atoms with van der Waals surface area (Å²) >= 11 is 3.51. The molecule has 0 aromatic heterocycles. The van der Waals surface area contributed by atoms with Crippen LogP contribution in [0.25, 0.3) is 0 Å². The van der Waals surface area contributed by atoms with Crippen molar-refractivity contribution in [2.24, 2.45) is 0 Å². The van der Waals surface area contributed by atoms with Crippen molar-refractivity contribution >= 4 is 15.9 Å². The Hall–Kier alpha value is -0.540. The molecule has 0 heterocycles. The number of nitrogens with one attached hydrogen (secondary N) is 1. The number of ether oxygens (including phenoxy) is 1. The number of benzene rings is 1. The van der Waals surface area contributed by atoms with Crippen molar-refractivity contribution in [3.63, 3.8) is 0 Å². The van der Waals surface area contributed by atoms with E-state index in [1.165, 1.54) is 5.56 Å². The molecule has 2 nitrogen and oxygen atoms in total. The number of halogens is 1. The maximum absolute atomic E-state index is 5.75. The third kappa shape index (κ3) is 5.09. The smallest absolute Gasteiger partial charge is 0.123 e. The lowest BCUT2D eigenvalue weighted by Crippen LogP contribution is -2.24. The van der Waals surface area contributed by atoms with Crippen molar-refractivity contribution in [3.8, 4) is 5.75 Å². The van der Waals surface area contributed by atoms with E-state index in [0.717, 1.165) is 36.2 Å². The van der Waals surface area contributed by atoms with Gasteiger partial charge in [0.1, 0.15) is 5.75 Å². The minimum absolute atomic E-state index is 0.535. The molecule has 0 fully saturated rings. The Labute approximate surface area is 113 Å². The fourth-order valence-corrected chi connectivity index (χ4v) is 1.88. The van der Waals surface area contributed by atoms with Gasteiger partial charge in [-0.1, -0.05) is 29.8 Å². The van der Waals surface area contributed by atoms with Crippen LogP contribution in [0.5, 0.6) is 5.75 Å². The largest absolute Gasteiger partial charge is 0.493 e. The molecular formula is C14H22BrNO. The lowest BCUT2D eigenvalue weighted by molar-refractivity contribution is 0.312. The molecule has 1 atom stereocenters. The highest BCUT2D eigenvalue weighted by molar-refractivity contribution is 9.10. The zero-order valence-electron chi connectivity index (χ0n) is 10.9. The molecule has 0 bridgehead atoms. The van der Waals surface area contributed by atoms with Gasteiger partial charge < -0.3 is 10.1 Å². The van der Waals surface area contributed by atoms with Crippen LogP contribution in [-0.2, 0) is 6.54 Å². The van der Waals surface area contributed by atoms with Crippen LogP contribution >= 0.6 is 15.9 Å². The summed E-state index contributed by atoms with van der Waals surface area (Å²) in [7, 11) is 0. The maximum Gasteiger partial charge on any atom is 0.123 e. The van der Waals surface area contributed by atoms with E-state index < -0.39 is 0 Å². The number of rotatable bonds is 7. The van der Waals surface area contributed by atoms with Crippen molar-refractivity contribution in [2.75, 3.05) is 6.61 Å². The highest BCUT2D eigenvalue weighted by Crippen LogP contribution is 2.23. The van der Waals surface area contributed by atoms with E-state index in [0.29, 0.717) is 6.04 Å². The minimum atomic E-state index is 0.535. The van der Waals surface area contributed by atoms with Crippen LogP contribution in [-0.4, -0.2) is 12.6 Å². The second-order valence-electron chi connectivity index (χ2n) is 4.29. The molecule has 0 saturated heterocycles. The summed E-state index contributed by atoms with van der Waals surface area (Å²) in [6.45, 7) is 8.14. The monoisotopic (exact) mass is 299 g/mol. The Morgan fingerprint density at radius 2 is 2.12 bits per heavy atom. The van der Waals surface area contributed by atoms with Crippen molar-refractivity contribution in [1.29, 1.82) is 0 Å². The number of hydrogen-bond acceptors (Lipinski definition) is 2. The van der Waals surface area contributed by atoms with Gasteiger partial charge in [0.2, 0.25) is 0 Å². The maximum atomic E-state index is 5.75. The SMILES string of the molecule is CCCOc1ccc(Br)cc1CNC(C)CC. The summed E-state index contributed by atoms with van der Waals surface area (Å²) in [6.07, 6.45) is 2.17. The zero-order chi connectivity index (χ0) is 12.7.